The van der Waals surface area contributed by atoms with Gasteiger partial charge in [0.05, 0.1) is 17.0 Å². The van der Waals surface area contributed by atoms with Crippen LogP contribution in [0, 0.1) is 5.92 Å². The topological polar surface area (TPSA) is 30.5 Å². The Morgan fingerprint density at radius 3 is 2.45 bits per heavy atom. The normalized spacial score (nSPS) is 34.9. The first-order valence-corrected chi connectivity index (χ1v) is 7.38. The van der Waals surface area contributed by atoms with Gasteiger partial charge in [0.1, 0.15) is 0 Å². The molecule has 2 aliphatic heterocycles. The smallest absolute Gasteiger partial charge is 0.400 e. The number of hydrogen-bond acceptors (Lipinski definition) is 3. The van der Waals surface area contributed by atoms with E-state index in [0.717, 1.165) is 17.6 Å². The SMILES string of the molecule is CC1=C(B2OC(C)(C)C(C)(C)O2)[C@H]2CC=C(F)C[C@H]2N1. The minimum Gasteiger partial charge on any atom is -0.400 e. The standard InChI is InChI=1S/C15H23BFNO2/c1-9-13(11-7-6-10(17)8-12(11)18-9)16-19-14(2,3)15(4,5)20-16/h6,11-12,18H,7-8H2,1-5H3/t11-,12+/m0/s1. The molecule has 20 heavy (non-hydrogen) atoms. The van der Waals surface area contributed by atoms with Crippen molar-refractivity contribution in [3.8, 4) is 0 Å². The van der Waals surface area contributed by atoms with Gasteiger partial charge < -0.3 is 14.6 Å². The second kappa shape index (κ2) is 4.34. The zero-order valence-corrected chi connectivity index (χ0v) is 12.9. The Kier molecular flexibility index (Phi) is 3.07. The summed E-state index contributed by atoms with van der Waals surface area (Å²) in [6.07, 6.45) is 2.89. The maximum atomic E-state index is 13.4. The molecule has 1 aliphatic carbocycles. The van der Waals surface area contributed by atoms with Gasteiger partial charge in [-0.1, -0.05) is 6.08 Å². The lowest BCUT2D eigenvalue weighted by Crippen LogP contribution is -2.41. The van der Waals surface area contributed by atoms with E-state index in [2.05, 4.69) is 33.0 Å². The lowest BCUT2D eigenvalue weighted by Gasteiger charge is -2.32. The number of nitrogens with one attached hydrogen (secondary N) is 1. The van der Waals surface area contributed by atoms with Gasteiger partial charge in [-0.05, 0) is 46.5 Å². The maximum absolute atomic E-state index is 13.4. The minimum absolute atomic E-state index is 0.0123. The zero-order valence-electron chi connectivity index (χ0n) is 12.9. The third-order valence-corrected chi connectivity index (χ3v) is 5.24. The van der Waals surface area contributed by atoms with E-state index >= 15 is 0 Å². The van der Waals surface area contributed by atoms with Crippen LogP contribution in [0.25, 0.3) is 0 Å². The van der Waals surface area contributed by atoms with E-state index in [9.17, 15) is 4.39 Å². The lowest BCUT2D eigenvalue weighted by molar-refractivity contribution is 0.00578. The van der Waals surface area contributed by atoms with E-state index in [1.54, 1.807) is 6.08 Å². The number of hydrogen-bond donors (Lipinski definition) is 1. The molecule has 0 aromatic carbocycles. The summed E-state index contributed by atoms with van der Waals surface area (Å²) < 4.78 is 25.8. The van der Waals surface area contributed by atoms with Crippen molar-refractivity contribution in [2.24, 2.45) is 5.92 Å². The fraction of sp³-hybridized carbons (Fsp3) is 0.733. The molecule has 1 N–H and O–H groups in total. The second-order valence-electron chi connectivity index (χ2n) is 7.12. The third-order valence-electron chi connectivity index (χ3n) is 5.24. The summed E-state index contributed by atoms with van der Waals surface area (Å²) in [7, 11) is -0.322. The quantitative estimate of drug-likeness (QED) is 0.748. The van der Waals surface area contributed by atoms with Crippen LogP contribution in [0.4, 0.5) is 4.39 Å². The van der Waals surface area contributed by atoms with Crippen molar-refractivity contribution < 1.29 is 13.7 Å². The molecule has 0 unspecified atom stereocenters. The molecule has 2 atom stereocenters. The molecule has 0 aromatic heterocycles. The molecule has 5 heteroatoms. The van der Waals surface area contributed by atoms with Gasteiger partial charge in [-0.3, -0.25) is 0 Å². The number of fused-ring (bicyclic) bond motifs is 1. The highest BCUT2D eigenvalue weighted by atomic mass is 19.1. The third kappa shape index (κ3) is 2.02. The molecule has 0 amide bonds. The van der Waals surface area contributed by atoms with Gasteiger partial charge in [0.15, 0.2) is 0 Å². The van der Waals surface area contributed by atoms with Crippen LogP contribution in [0.3, 0.4) is 0 Å². The van der Waals surface area contributed by atoms with E-state index in [1.165, 1.54) is 0 Å². The van der Waals surface area contributed by atoms with Crippen molar-refractivity contribution in [3.63, 3.8) is 0 Å². The molecule has 2 heterocycles. The van der Waals surface area contributed by atoms with Crippen LogP contribution in [0.5, 0.6) is 0 Å². The van der Waals surface area contributed by atoms with Crippen molar-refractivity contribution in [2.75, 3.05) is 0 Å². The van der Waals surface area contributed by atoms with Gasteiger partial charge in [0.2, 0.25) is 0 Å². The molecule has 1 fully saturated rings. The maximum Gasteiger partial charge on any atom is 0.492 e. The molecule has 3 rings (SSSR count). The van der Waals surface area contributed by atoms with E-state index in [1.807, 2.05) is 6.92 Å². The van der Waals surface area contributed by atoms with Crippen LogP contribution in [0.1, 0.15) is 47.5 Å². The molecule has 0 radical (unpaired) electrons. The zero-order chi connectivity index (χ0) is 14.7. The van der Waals surface area contributed by atoms with Gasteiger partial charge in [0, 0.05) is 24.1 Å². The fourth-order valence-corrected chi connectivity index (χ4v) is 3.31. The van der Waals surface area contributed by atoms with Crippen molar-refractivity contribution in [2.45, 2.75) is 64.7 Å². The summed E-state index contributed by atoms with van der Waals surface area (Å²) in [5, 5.41) is 3.41. The van der Waals surface area contributed by atoms with Gasteiger partial charge in [-0.2, -0.15) is 0 Å². The highest BCUT2D eigenvalue weighted by Crippen LogP contribution is 2.44. The van der Waals surface area contributed by atoms with E-state index in [0.29, 0.717) is 6.42 Å². The van der Waals surface area contributed by atoms with E-state index in [4.69, 9.17) is 9.31 Å². The molecule has 0 aromatic rings. The summed E-state index contributed by atoms with van der Waals surface area (Å²) in [5.41, 5.74) is 1.58. The Bertz CT molecular complexity index is 482. The molecule has 0 bridgehead atoms. The van der Waals surface area contributed by atoms with Gasteiger partial charge in [0.25, 0.3) is 0 Å². The van der Waals surface area contributed by atoms with Crippen LogP contribution >= 0.6 is 0 Å². The summed E-state index contributed by atoms with van der Waals surface area (Å²) >= 11 is 0. The first-order chi connectivity index (χ1) is 9.21. The summed E-state index contributed by atoms with van der Waals surface area (Å²) in [4.78, 5) is 0. The Labute approximate surface area is 120 Å². The molecule has 110 valence electrons. The number of allylic oxidation sites excluding steroid dienone is 2. The van der Waals surface area contributed by atoms with Crippen molar-refractivity contribution in [1.82, 2.24) is 5.32 Å². The van der Waals surface area contributed by atoms with Gasteiger partial charge >= 0.3 is 7.12 Å². The predicted molar refractivity (Wildman–Crippen MR) is 77.6 cm³/mol. The predicted octanol–water partition coefficient (Wildman–Crippen LogP) is 3.13. The Morgan fingerprint density at radius 2 is 1.85 bits per heavy atom. The van der Waals surface area contributed by atoms with Gasteiger partial charge in [-0.25, -0.2) is 4.39 Å². The van der Waals surface area contributed by atoms with Crippen molar-refractivity contribution in [1.29, 1.82) is 0 Å². The molecule has 0 spiro atoms. The first kappa shape index (κ1) is 14.1. The molecular weight excluding hydrogens is 256 g/mol. The average molecular weight is 279 g/mol. The summed E-state index contributed by atoms with van der Waals surface area (Å²) in [6, 6.07) is 0.147. The largest absolute Gasteiger partial charge is 0.492 e. The lowest BCUT2D eigenvalue weighted by atomic mass is 9.67. The van der Waals surface area contributed by atoms with Crippen LogP contribution in [0.2, 0.25) is 0 Å². The van der Waals surface area contributed by atoms with Crippen LogP contribution in [0.15, 0.2) is 23.1 Å². The van der Waals surface area contributed by atoms with Crippen LogP contribution < -0.4 is 5.32 Å². The van der Waals surface area contributed by atoms with E-state index in [-0.39, 0.29) is 36.1 Å². The highest BCUT2D eigenvalue weighted by molar-refractivity contribution is 6.55. The highest BCUT2D eigenvalue weighted by Gasteiger charge is 2.55. The Hall–Kier alpha value is -0.805. The van der Waals surface area contributed by atoms with Crippen molar-refractivity contribution in [3.05, 3.63) is 23.1 Å². The molecule has 3 nitrogen and oxygen atoms in total. The number of rotatable bonds is 1. The Morgan fingerprint density at radius 1 is 1.25 bits per heavy atom. The average Bonchev–Trinajstić information content (AvgIpc) is 2.71. The molecule has 3 aliphatic rings. The van der Waals surface area contributed by atoms with Crippen LogP contribution in [-0.2, 0) is 9.31 Å². The molecular formula is C15H23BFNO2. The molecule has 0 saturated carbocycles. The first-order valence-electron chi connectivity index (χ1n) is 7.38. The Balaban J connectivity index is 1.86. The summed E-state index contributed by atoms with van der Waals surface area (Å²) in [5.74, 6) is 0.269. The minimum atomic E-state index is -0.335. The fourth-order valence-electron chi connectivity index (χ4n) is 3.31. The van der Waals surface area contributed by atoms with Gasteiger partial charge in [-0.15, -0.1) is 0 Å². The van der Waals surface area contributed by atoms with Crippen molar-refractivity contribution >= 4 is 7.12 Å². The van der Waals surface area contributed by atoms with Crippen LogP contribution in [-0.4, -0.2) is 24.4 Å². The monoisotopic (exact) mass is 279 g/mol. The second-order valence-corrected chi connectivity index (χ2v) is 7.12. The molecule has 1 saturated heterocycles. The summed E-state index contributed by atoms with van der Waals surface area (Å²) in [6.45, 7) is 10.3. The van der Waals surface area contributed by atoms with E-state index < -0.39 is 0 Å². The number of halogens is 1.